The molecule has 0 radical (unpaired) electrons. The summed E-state index contributed by atoms with van der Waals surface area (Å²) in [6.45, 7) is 5.50. The normalized spacial score (nSPS) is 16.6. The van der Waals surface area contributed by atoms with Gasteiger partial charge >= 0.3 is 0 Å². The molecule has 0 heterocycles. The van der Waals surface area contributed by atoms with Gasteiger partial charge in [-0.05, 0) is 33.1 Å². The summed E-state index contributed by atoms with van der Waals surface area (Å²) in [6.07, 6.45) is 7.08. The third-order valence-corrected chi connectivity index (χ3v) is 4.40. The van der Waals surface area contributed by atoms with E-state index < -0.39 is 10.0 Å². The number of guanidine groups is 1. The molecule has 0 unspecified atom stereocenters. The first-order valence-corrected chi connectivity index (χ1v) is 8.89. The molecule has 7 heteroatoms. The Morgan fingerprint density at radius 3 is 2.60 bits per heavy atom. The summed E-state index contributed by atoms with van der Waals surface area (Å²) in [7, 11) is -3.09. The summed E-state index contributed by atoms with van der Waals surface area (Å²) < 4.78 is 25.0. The highest BCUT2D eigenvalue weighted by molar-refractivity contribution is 7.89. The Labute approximate surface area is 122 Å². The molecule has 0 spiro atoms. The van der Waals surface area contributed by atoms with Gasteiger partial charge in [0, 0.05) is 25.7 Å². The van der Waals surface area contributed by atoms with Gasteiger partial charge in [-0.3, -0.25) is 4.99 Å². The van der Waals surface area contributed by atoms with Gasteiger partial charge in [0.1, 0.15) is 0 Å². The number of nitrogens with zero attached hydrogens (tertiary/aromatic N) is 1. The van der Waals surface area contributed by atoms with Crippen LogP contribution < -0.4 is 15.4 Å². The second-order valence-corrected chi connectivity index (χ2v) is 6.79. The molecule has 6 nitrogen and oxygen atoms in total. The van der Waals surface area contributed by atoms with Crippen LogP contribution in [0.2, 0.25) is 0 Å². The van der Waals surface area contributed by atoms with E-state index in [4.69, 9.17) is 0 Å². The Bertz CT molecular complexity index is 424. The van der Waals surface area contributed by atoms with E-state index in [0.29, 0.717) is 25.6 Å². The van der Waals surface area contributed by atoms with Crippen LogP contribution >= 0.6 is 0 Å². The molecule has 1 aliphatic rings. The van der Waals surface area contributed by atoms with Crippen molar-refractivity contribution >= 4 is 16.0 Å². The molecule has 0 saturated carbocycles. The lowest BCUT2D eigenvalue weighted by molar-refractivity contribution is 0.580. The molecule has 1 aliphatic carbocycles. The zero-order chi connectivity index (χ0) is 14.8. The lowest BCUT2D eigenvalue weighted by Crippen LogP contribution is -2.42. The minimum absolute atomic E-state index is 0.120. The molecule has 0 aromatic heterocycles. The van der Waals surface area contributed by atoms with Crippen molar-refractivity contribution in [2.75, 3.05) is 25.4 Å². The fourth-order valence-corrected chi connectivity index (χ4v) is 2.51. The Morgan fingerprint density at radius 1 is 1.30 bits per heavy atom. The second-order valence-electron chi connectivity index (χ2n) is 4.70. The van der Waals surface area contributed by atoms with E-state index >= 15 is 0 Å². The lowest BCUT2D eigenvalue weighted by atomic mass is 10.2. The van der Waals surface area contributed by atoms with E-state index in [-0.39, 0.29) is 5.75 Å². The molecule has 3 N–H and O–H groups in total. The van der Waals surface area contributed by atoms with E-state index in [1.54, 1.807) is 6.92 Å². The van der Waals surface area contributed by atoms with Crippen LogP contribution in [0.1, 0.15) is 33.1 Å². The summed E-state index contributed by atoms with van der Waals surface area (Å²) in [4.78, 5) is 4.45. The van der Waals surface area contributed by atoms with Crippen molar-refractivity contribution in [2.24, 2.45) is 4.99 Å². The number of rotatable bonds is 8. The molecule has 0 bridgehead atoms. The Morgan fingerprint density at radius 2 is 2.00 bits per heavy atom. The summed E-state index contributed by atoms with van der Waals surface area (Å²) in [5.74, 6) is 0.925. The lowest BCUT2D eigenvalue weighted by Gasteiger charge is -2.16. The first-order chi connectivity index (χ1) is 9.57. The topological polar surface area (TPSA) is 82.6 Å². The smallest absolute Gasteiger partial charge is 0.211 e. The Balaban J connectivity index is 2.28. The maximum absolute atomic E-state index is 11.3. The first kappa shape index (κ1) is 17.0. The van der Waals surface area contributed by atoms with E-state index in [0.717, 1.165) is 25.3 Å². The number of hydrogen-bond acceptors (Lipinski definition) is 3. The summed E-state index contributed by atoms with van der Waals surface area (Å²) in [5, 5.41) is 6.57. The molecule has 0 atom stereocenters. The van der Waals surface area contributed by atoms with E-state index in [2.05, 4.69) is 32.5 Å². The van der Waals surface area contributed by atoms with E-state index in [1.165, 1.54) is 0 Å². The van der Waals surface area contributed by atoms with Crippen molar-refractivity contribution < 1.29 is 8.42 Å². The highest BCUT2D eigenvalue weighted by Crippen LogP contribution is 2.08. The molecular formula is C13H26N4O2S. The van der Waals surface area contributed by atoms with Crippen molar-refractivity contribution in [3.8, 4) is 0 Å². The molecule has 0 aromatic carbocycles. The molecule has 0 fully saturated rings. The van der Waals surface area contributed by atoms with Crippen molar-refractivity contribution in [1.29, 1.82) is 0 Å². The zero-order valence-electron chi connectivity index (χ0n) is 12.4. The zero-order valence-corrected chi connectivity index (χ0v) is 13.2. The van der Waals surface area contributed by atoms with E-state index in [9.17, 15) is 8.42 Å². The van der Waals surface area contributed by atoms with E-state index in [1.807, 2.05) is 6.92 Å². The highest BCUT2D eigenvalue weighted by atomic mass is 32.2. The van der Waals surface area contributed by atoms with Crippen LogP contribution in [0.3, 0.4) is 0 Å². The quantitative estimate of drug-likeness (QED) is 0.265. The minimum atomic E-state index is -3.09. The largest absolute Gasteiger partial charge is 0.357 e. The van der Waals surface area contributed by atoms with Gasteiger partial charge in [-0.15, -0.1) is 0 Å². The second kappa shape index (κ2) is 8.97. The van der Waals surface area contributed by atoms with Crippen molar-refractivity contribution in [3.05, 3.63) is 12.2 Å². The van der Waals surface area contributed by atoms with Gasteiger partial charge in [0.05, 0.1) is 5.75 Å². The van der Waals surface area contributed by atoms with Crippen LogP contribution in [-0.2, 0) is 10.0 Å². The van der Waals surface area contributed by atoms with Crippen LogP contribution in [-0.4, -0.2) is 45.8 Å². The first-order valence-electron chi connectivity index (χ1n) is 7.24. The molecule has 1 rings (SSSR count). The third kappa shape index (κ3) is 6.91. The van der Waals surface area contributed by atoms with Crippen LogP contribution in [0.25, 0.3) is 0 Å². The summed E-state index contributed by atoms with van der Waals surface area (Å²) >= 11 is 0. The number of sulfonamides is 1. The van der Waals surface area contributed by atoms with Crippen LogP contribution in [0.5, 0.6) is 0 Å². The van der Waals surface area contributed by atoms with Crippen LogP contribution in [0.4, 0.5) is 0 Å². The molecule has 20 heavy (non-hydrogen) atoms. The molecule has 0 saturated heterocycles. The maximum Gasteiger partial charge on any atom is 0.211 e. The van der Waals surface area contributed by atoms with Gasteiger partial charge in [-0.2, -0.15) is 0 Å². The van der Waals surface area contributed by atoms with Gasteiger partial charge in [0.25, 0.3) is 0 Å². The highest BCUT2D eigenvalue weighted by Gasteiger charge is 2.11. The monoisotopic (exact) mass is 302 g/mol. The average Bonchev–Trinajstić information content (AvgIpc) is 2.91. The SMILES string of the molecule is CCNC(=NCCCNS(=O)(=O)CC)NC1CC=CC1. The fraction of sp³-hybridized carbons (Fsp3) is 0.769. The predicted molar refractivity (Wildman–Crippen MR) is 83.4 cm³/mol. The fourth-order valence-electron chi connectivity index (χ4n) is 1.85. The van der Waals surface area contributed by atoms with Crippen LogP contribution in [0.15, 0.2) is 17.1 Å². The third-order valence-electron chi connectivity index (χ3n) is 3.00. The van der Waals surface area contributed by atoms with Crippen molar-refractivity contribution in [1.82, 2.24) is 15.4 Å². The standard InChI is InChI=1S/C13H26N4O2S/c1-3-14-13(17-12-8-5-6-9-12)15-10-7-11-16-20(18,19)4-2/h5-6,12,16H,3-4,7-11H2,1-2H3,(H2,14,15,17). The number of aliphatic imine (C=N–C) groups is 1. The number of nitrogens with one attached hydrogen (secondary N) is 3. The van der Waals surface area contributed by atoms with Crippen LogP contribution in [0, 0.1) is 0 Å². The minimum Gasteiger partial charge on any atom is -0.357 e. The molecule has 0 aliphatic heterocycles. The predicted octanol–water partition coefficient (Wildman–Crippen LogP) is 0.590. The maximum atomic E-state index is 11.3. The van der Waals surface area contributed by atoms with Crippen molar-refractivity contribution in [2.45, 2.75) is 39.2 Å². The molecule has 0 aromatic rings. The van der Waals surface area contributed by atoms with Gasteiger partial charge in [-0.1, -0.05) is 12.2 Å². The molecular weight excluding hydrogens is 276 g/mol. The summed E-state index contributed by atoms with van der Waals surface area (Å²) in [6, 6.07) is 0.423. The molecule has 116 valence electrons. The Hall–Kier alpha value is -1.08. The van der Waals surface area contributed by atoms with Gasteiger partial charge < -0.3 is 10.6 Å². The molecule has 0 amide bonds. The Kier molecular flexibility index (Phi) is 7.61. The average molecular weight is 302 g/mol. The summed E-state index contributed by atoms with van der Waals surface area (Å²) in [5.41, 5.74) is 0. The van der Waals surface area contributed by atoms with Gasteiger partial charge in [0.15, 0.2) is 5.96 Å². The van der Waals surface area contributed by atoms with Gasteiger partial charge in [-0.25, -0.2) is 13.1 Å². The number of hydrogen-bond donors (Lipinski definition) is 3. The van der Waals surface area contributed by atoms with Crippen molar-refractivity contribution in [3.63, 3.8) is 0 Å². The van der Waals surface area contributed by atoms with Gasteiger partial charge in [0.2, 0.25) is 10.0 Å².